The summed E-state index contributed by atoms with van der Waals surface area (Å²) in [6.07, 6.45) is 4.71. The standard InChI is InChI=1S/C15H18N6O2S/c22-21(23)12-7-5-11(6-8-12)16-14-13(17-19-18-14)15(24)20-9-3-1-2-4-10-20/h5-8H,1-4,9-10H2,(H2,16,17,18,19). The quantitative estimate of drug-likeness (QED) is 0.498. The molecule has 8 nitrogen and oxygen atoms in total. The number of hydrogen-bond donors (Lipinski definition) is 2. The van der Waals surface area contributed by atoms with Crippen molar-refractivity contribution in [1.82, 2.24) is 20.3 Å². The molecule has 126 valence electrons. The van der Waals surface area contributed by atoms with Crippen molar-refractivity contribution in [3.63, 3.8) is 0 Å². The Kier molecular flexibility index (Phi) is 4.99. The van der Waals surface area contributed by atoms with Crippen LogP contribution in [0, 0.1) is 10.1 Å². The number of aromatic nitrogens is 3. The Labute approximate surface area is 144 Å². The Morgan fingerprint density at radius 2 is 1.83 bits per heavy atom. The van der Waals surface area contributed by atoms with E-state index in [2.05, 4.69) is 25.6 Å². The zero-order valence-corrected chi connectivity index (χ0v) is 13.9. The molecule has 9 heteroatoms. The third kappa shape index (κ3) is 3.67. The van der Waals surface area contributed by atoms with E-state index in [1.807, 2.05) is 0 Å². The van der Waals surface area contributed by atoms with Crippen molar-refractivity contribution in [3.05, 3.63) is 40.1 Å². The van der Waals surface area contributed by atoms with Crippen LogP contribution in [-0.2, 0) is 0 Å². The van der Waals surface area contributed by atoms with E-state index in [1.165, 1.54) is 25.0 Å². The number of likely N-dealkylation sites (tertiary alicyclic amines) is 1. The minimum Gasteiger partial charge on any atom is -0.361 e. The number of hydrogen-bond acceptors (Lipinski definition) is 6. The number of anilines is 2. The zero-order chi connectivity index (χ0) is 16.9. The van der Waals surface area contributed by atoms with Crippen molar-refractivity contribution >= 4 is 34.4 Å². The lowest BCUT2D eigenvalue weighted by molar-refractivity contribution is -0.384. The lowest BCUT2D eigenvalue weighted by Crippen LogP contribution is -2.31. The average Bonchev–Trinajstić information content (AvgIpc) is 2.87. The number of aromatic amines is 1. The van der Waals surface area contributed by atoms with E-state index in [-0.39, 0.29) is 5.69 Å². The summed E-state index contributed by atoms with van der Waals surface area (Å²) < 4.78 is 0. The summed E-state index contributed by atoms with van der Waals surface area (Å²) in [5, 5.41) is 24.7. The Morgan fingerprint density at radius 3 is 2.46 bits per heavy atom. The predicted molar refractivity (Wildman–Crippen MR) is 94.5 cm³/mol. The summed E-state index contributed by atoms with van der Waals surface area (Å²) in [4.78, 5) is 13.1. The molecule has 1 fully saturated rings. The van der Waals surface area contributed by atoms with E-state index in [0.717, 1.165) is 25.9 Å². The van der Waals surface area contributed by atoms with Gasteiger partial charge in [0.25, 0.3) is 5.69 Å². The van der Waals surface area contributed by atoms with E-state index in [0.29, 0.717) is 22.2 Å². The van der Waals surface area contributed by atoms with Crippen molar-refractivity contribution in [2.24, 2.45) is 0 Å². The summed E-state index contributed by atoms with van der Waals surface area (Å²) in [5.74, 6) is 0.526. The lowest BCUT2D eigenvalue weighted by Gasteiger charge is -2.22. The smallest absolute Gasteiger partial charge is 0.269 e. The van der Waals surface area contributed by atoms with Gasteiger partial charge >= 0.3 is 0 Å². The highest BCUT2D eigenvalue weighted by molar-refractivity contribution is 7.80. The molecule has 0 saturated carbocycles. The highest BCUT2D eigenvalue weighted by Crippen LogP contribution is 2.22. The second-order valence-electron chi connectivity index (χ2n) is 5.66. The van der Waals surface area contributed by atoms with Crippen LogP contribution in [0.5, 0.6) is 0 Å². The van der Waals surface area contributed by atoms with E-state index < -0.39 is 4.92 Å². The van der Waals surface area contributed by atoms with Gasteiger partial charge in [0, 0.05) is 30.9 Å². The SMILES string of the molecule is O=[N+]([O-])c1ccc(Nc2n[nH]nc2C(=S)N2CCCCCC2)cc1. The minimum absolute atomic E-state index is 0.0426. The fourth-order valence-corrected chi connectivity index (χ4v) is 3.02. The molecule has 0 bridgehead atoms. The first-order valence-corrected chi connectivity index (χ1v) is 8.27. The van der Waals surface area contributed by atoms with Crippen LogP contribution in [0.1, 0.15) is 31.4 Å². The molecule has 1 aliphatic rings. The van der Waals surface area contributed by atoms with Gasteiger partial charge in [-0.15, -0.1) is 5.10 Å². The van der Waals surface area contributed by atoms with Crippen LogP contribution >= 0.6 is 12.2 Å². The summed E-state index contributed by atoms with van der Waals surface area (Å²) in [6, 6.07) is 6.14. The number of rotatable bonds is 4. The number of non-ortho nitro benzene ring substituents is 1. The minimum atomic E-state index is -0.431. The highest BCUT2D eigenvalue weighted by atomic mass is 32.1. The summed E-state index contributed by atoms with van der Waals surface area (Å²) >= 11 is 5.59. The zero-order valence-electron chi connectivity index (χ0n) is 13.1. The van der Waals surface area contributed by atoms with Crippen molar-refractivity contribution in [2.75, 3.05) is 18.4 Å². The number of thiocarbonyl (C=S) groups is 1. The van der Waals surface area contributed by atoms with Crippen LogP contribution in [0.3, 0.4) is 0 Å². The van der Waals surface area contributed by atoms with Gasteiger partial charge in [0.1, 0.15) is 4.99 Å². The molecular formula is C15H18N6O2S. The van der Waals surface area contributed by atoms with Crippen molar-refractivity contribution in [2.45, 2.75) is 25.7 Å². The first-order valence-electron chi connectivity index (χ1n) is 7.86. The molecule has 1 aromatic heterocycles. The maximum absolute atomic E-state index is 10.7. The Bertz CT molecular complexity index is 722. The Hall–Kier alpha value is -2.55. The van der Waals surface area contributed by atoms with Crippen molar-refractivity contribution in [3.8, 4) is 0 Å². The fraction of sp³-hybridized carbons (Fsp3) is 0.400. The van der Waals surface area contributed by atoms with Crippen molar-refractivity contribution < 1.29 is 4.92 Å². The highest BCUT2D eigenvalue weighted by Gasteiger charge is 2.20. The molecule has 0 spiro atoms. The fourth-order valence-electron chi connectivity index (χ4n) is 2.69. The molecular weight excluding hydrogens is 328 g/mol. The first-order chi connectivity index (χ1) is 11.6. The number of nitrogens with zero attached hydrogens (tertiary/aromatic N) is 4. The molecule has 1 aromatic carbocycles. The number of benzene rings is 1. The van der Waals surface area contributed by atoms with Crippen LogP contribution < -0.4 is 5.32 Å². The maximum Gasteiger partial charge on any atom is 0.269 e. The Morgan fingerprint density at radius 1 is 1.17 bits per heavy atom. The topological polar surface area (TPSA) is 100.0 Å². The second kappa shape index (κ2) is 7.35. The summed E-state index contributed by atoms with van der Waals surface area (Å²) in [5.41, 5.74) is 1.33. The molecule has 1 aliphatic heterocycles. The van der Waals surface area contributed by atoms with E-state index in [4.69, 9.17) is 12.2 Å². The van der Waals surface area contributed by atoms with Crippen LogP contribution in [-0.4, -0.2) is 43.3 Å². The van der Waals surface area contributed by atoms with Crippen molar-refractivity contribution in [1.29, 1.82) is 0 Å². The van der Waals surface area contributed by atoms with Gasteiger partial charge in [-0.2, -0.15) is 10.3 Å². The van der Waals surface area contributed by atoms with Gasteiger partial charge < -0.3 is 10.2 Å². The molecule has 2 heterocycles. The summed E-state index contributed by atoms with van der Waals surface area (Å²) in [7, 11) is 0. The van der Waals surface area contributed by atoms with E-state index in [9.17, 15) is 10.1 Å². The molecule has 2 aromatic rings. The molecule has 0 radical (unpaired) electrons. The van der Waals surface area contributed by atoms with Crippen LogP contribution in [0.2, 0.25) is 0 Å². The van der Waals surface area contributed by atoms with Crippen LogP contribution in [0.4, 0.5) is 17.2 Å². The van der Waals surface area contributed by atoms with Gasteiger partial charge in [0.15, 0.2) is 11.5 Å². The molecule has 0 atom stereocenters. The predicted octanol–water partition coefficient (Wildman–Crippen LogP) is 3.01. The normalized spacial score (nSPS) is 14.9. The molecule has 3 rings (SSSR count). The van der Waals surface area contributed by atoms with Gasteiger partial charge in [-0.25, -0.2) is 0 Å². The second-order valence-corrected chi connectivity index (χ2v) is 6.04. The molecule has 24 heavy (non-hydrogen) atoms. The molecule has 1 saturated heterocycles. The maximum atomic E-state index is 10.7. The van der Waals surface area contributed by atoms with Crippen LogP contribution in [0.15, 0.2) is 24.3 Å². The third-order valence-electron chi connectivity index (χ3n) is 3.98. The number of H-pyrrole nitrogens is 1. The largest absolute Gasteiger partial charge is 0.361 e. The third-order valence-corrected chi connectivity index (χ3v) is 4.44. The average molecular weight is 346 g/mol. The van der Waals surface area contributed by atoms with Gasteiger partial charge in [-0.3, -0.25) is 10.1 Å². The van der Waals surface area contributed by atoms with Gasteiger partial charge in [0.05, 0.1) is 4.92 Å². The van der Waals surface area contributed by atoms with Gasteiger partial charge in [-0.05, 0) is 25.0 Å². The lowest BCUT2D eigenvalue weighted by atomic mass is 10.2. The molecule has 0 unspecified atom stereocenters. The van der Waals surface area contributed by atoms with E-state index in [1.54, 1.807) is 12.1 Å². The number of nitro benzene ring substituents is 1. The molecule has 2 N–H and O–H groups in total. The molecule has 0 aliphatic carbocycles. The Balaban J connectivity index is 1.74. The monoisotopic (exact) mass is 346 g/mol. The number of nitrogens with one attached hydrogen (secondary N) is 2. The first kappa shape index (κ1) is 16.3. The van der Waals surface area contributed by atoms with E-state index >= 15 is 0 Å². The molecule has 0 amide bonds. The van der Waals surface area contributed by atoms with Crippen LogP contribution in [0.25, 0.3) is 0 Å². The van der Waals surface area contributed by atoms with Gasteiger partial charge in [0.2, 0.25) is 0 Å². The number of nitro groups is 1. The van der Waals surface area contributed by atoms with Gasteiger partial charge in [-0.1, -0.05) is 25.1 Å². The summed E-state index contributed by atoms with van der Waals surface area (Å²) in [6.45, 7) is 1.87.